The van der Waals surface area contributed by atoms with Gasteiger partial charge in [-0.25, -0.2) is 0 Å². The fourth-order valence-corrected chi connectivity index (χ4v) is 3.55. The van der Waals surface area contributed by atoms with E-state index in [-0.39, 0.29) is 6.04 Å². The maximum atomic E-state index is 6.41. The standard InChI is InChI=1S/C16H20BrN3/c1-10-16(17)15(20(2)19-10)9-14(18)13-7-6-11-4-3-5-12(11)8-13/h6-8,14H,3-5,9,18H2,1-2H3. The third-order valence-electron chi connectivity index (χ3n) is 4.23. The van der Waals surface area contributed by atoms with Gasteiger partial charge in [-0.15, -0.1) is 0 Å². The molecule has 4 heteroatoms. The molecule has 0 spiro atoms. The lowest BCUT2D eigenvalue weighted by atomic mass is 9.98. The van der Waals surface area contributed by atoms with Gasteiger partial charge in [0.05, 0.1) is 15.9 Å². The minimum absolute atomic E-state index is 0.0204. The molecule has 0 bridgehead atoms. The van der Waals surface area contributed by atoms with Gasteiger partial charge in [-0.05, 0) is 58.8 Å². The minimum Gasteiger partial charge on any atom is -0.324 e. The molecule has 0 aliphatic heterocycles. The van der Waals surface area contributed by atoms with Crippen molar-refractivity contribution in [2.24, 2.45) is 12.8 Å². The first-order valence-electron chi connectivity index (χ1n) is 7.11. The first-order valence-corrected chi connectivity index (χ1v) is 7.91. The smallest absolute Gasteiger partial charge is 0.0738 e. The van der Waals surface area contributed by atoms with Crippen LogP contribution in [0.4, 0.5) is 0 Å². The molecule has 3 nitrogen and oxygen atoms in total. The summed E-state index contributed by atoms with van der Waals surface area (Å²) in [7, 11) is 1.97. The molecule has 2 N–H and O–H groups in total. The van der Waals surface area contributed by atoms with Crippen molar-refractivity contribution in [1.82, 2.24) is 9.78 Å². The maximum absolute atomic E-state index is 6.41. The van der Waals surface area contributed by atoms with Gasteiger partial charge in [0.15, 0.2) is 0 Å². The van der Waals surface area contributed by atoms with Crippen LogP contribution in [0.1, 0.15) is 40.5 Å². The summed E-state index contributed by atoms with van der Waals surface area (Å²) in [5.41, 5.74) is 12.8. The summed E-state index contributed by atoms with van der Waals surface area (Å²) in [5, 5.41) is 4.43. The van der Waals surface area contributed by atoms with Crippen LogP contribution in [0.5, 0.6) is 0 Å². The van der Waals surface area contributed by atoms with Crippen molar-refractivity contribution in [2.45, 2.75) is 38.6 Å². The summed E-state index contributed by atoms with van der Waals surface area (Å²) in [6.07, 6.45) is 4.50. The van der Waals surface area contributed by atoms with Gasteiger partial charge in [0.25, 0.3) is 0 Å². The number of fused-ring (bicyclic) bond motifs is 1. The molecule has 1 atom stereocenters. The molecule has 0 saturated carbocycles. The molecule has 1 heterocycles. The average Bonchev–Trinajstić information content (AvgIpc) is 2.98. The number of nitrogens with zero attached hydrogens (tertiary/aromatic N) is 2. The Balaban J connectivity index is 1.84. The Labute approximate surface area is 128 Å². The molecule has 3 rings (SSSR count). The first-order chi connectivity index (χ1) is 9.56. The Morgan fingerprint density at radius 3 is 2.80 bits per heavy atom. The van der Waals surface area contributed by atoms with E-state index in [0.29, 0.717) is 0 Å². The molecule has 0 amide bonds. The second-order valence-corrected chi connectivity index (χ2v) is 6.46. The molecule has 2 aromatic rings. The summed E-state index contributed by atoms with van der Waals surface area (Å²) in [6.45, 7) is 2.01. The highest BCUT2D eigenvalue weighted by atomic mass is 79.9. The van der Waals surface area contributed by atoms with Crippen molar-refractivity contribution < 1.29 is 0 Å². The van der Waals surface area contributed by atoms with E-state index in [1.165, 1.54) is 36.0 Å². The lowest BCUT2D eigenvalue weighted by molar-refractivity contribution is 0.638. The van der Waals surface area contributed by atoms with Gasteiger partial charge in [0.2, 0.25) is 0 Å². The van der Waals surface area contributed by atoms with Gasteiger partial charge in [-0.1, -0.05) is 18.2 Å². The Morgan fingerprint density at radius 1 is 1.35 bits per heavy atom. The van der Waals surface area contributed by atoms with Gasteiger partial charge >= 0.3 is 0 Å². The third kappa shape index (κ3) is 2.42. The van der Waals surface area contributed by atoms with E-state index in [1.807, 2.05) is 18.7 Å². The average molecular weight is 334 g/mol. The summed E-state index contributed by atoms with van der Waals surface area (Å²) in [6, 6.07) is 6.75. The first kappa shape index (κ1) is 13.8. The lowest BCUT2D eigenvalue weighted by Gasteiger charge is -2.14. The van der Waals surface area contributed by atoms with Gasteiger partial charge in [-0.3, -0.25) is 4.68 Å². The maximum Gasteiger partial charge on any atom is 0.0738 e. The highest BCUT2D eigenvalue weighted by Crippen LogP contribution is 2.28. The molecule has 0 radical (unpaired) electrons. The minimum atomic E-state index is 0.0204. The molecule has 1 unspecified atom stereocenters. The number of aryl methyl sites for hydroxylation is 4. The van der Waals surface area contributed by atoms with Gasteiger partial charge in [-0.2, -0.15) is 5.10 Å². The number of hydrogen-bond acceptors (Lipinski definition) is 2. The predicted octanol–water partition coefficient (Wildman–Crippen LogP) is 3.22. The predicted molar refractivity (Wildman–Crippen MR) is 84.7 cm³/mol. The zero-order valence-electron chi connectivity index (χ0n) is 12.0. The second-order valence-electron chi connectivity index (χ2n) is 5.66. The van der Waals surface area contributed by atoms with E-state index in [2.05, 4.69) is 39.2 Å². The molecule has 1 aliphatic rings. The van der Waals surface area contributed by atoms with Crippen LogP contribution in [0.2, 0.25) is 0 Å². The number of benzene rings is 1. The van der Waals surface area contributed by atoms with Crippen molar-refractivity contribution in [3.8, 4) is 0 Å². The largest absolute Gasteiger partial charge is 0.324 e. The topological polar surface area (TPSA) is 43.8 Å². The van der Waals surface area contributed by atoms with Crippen LogP contribution in [0.3, 0.4) is 0 Å². The van der Waals surface area contributed by atoms with Crippen molar-refractivity contribution in [3.05, 3.63) is 50.8 Å². The number of rotatable bonds is 3. The van der Waals surface area contributed by atoms with E-state index < -0.39 is 0 Å². The van der Waals surface area contributed by atoms with Crippen LogP contribution in [-0.2, 0) is 26.3 Å². The molecule has 106 valence electrons. The van der Waals surface area contributed by atoms with Crippen LogP contribution in [0.25, 0.3) is 0 Å². The summed E-state index contributed by atoms with van der Waals surface area (Å²) >= 11 is 3.61. The molecular formula is C16H20BrN3. The second kappa shape index (κ2) is 5.34. The molecule has 20 heavy (non-hydrogen) atoms. The number of nitrogens with two attached hydrogens (primary N) is 1. The van der Waals surface area contributed by atoms with Crippen LogP contribution >= 0.6 is 15.9 Å². The van der Waals surface area contributed by atoms with Crippen molar-refractivity contribution >= 4 is 15.9 Å². The van der Waals surface area contributed by atoms with Crippen LogP contribution in [0.15, 0.2) is 22.7 Å². The Bertz CT molecular complexity index is 645. The van der Waals surface area contributed by atoms with Crippen molar-refractivity contribution in [2.75, 3.05) is 0 Å². The normalized spacial score (nSPS) is 15.4. The van der Waals surface area contributed by atoms with Crippen LogP contribution in [0, 0.1) is 6.92 Å². The van der Waals surface area contributed by atoms with E-state index in [1.54, 1.807) is 0 Å². The Morgan fingerprint density at radius 2 is 2.10 bits per heavy atom. The number of hydrogen-bond donors (Lipinski definition) is 1. The summed E-state index contributed by atoms with van der Waals surface area (Å²) in [5.74, 6) is 0. The van der Waals surface area contributed by atoms with Gasteiger partial charge in [0, 0.05) is 19.5 Å². The van der Waals surface area contributed by atoms with Gasteiger partial charge in [0.1, 0.15) is 0 Å². The molecule has 0 fully saturated rings. The van der Waals surface area contributed by atoms with E-state index in [0.717, 1.165) is 22.3 Å². The Kier molecular flexibility index (Phi) is 3.69. The summed E-state index contributed by atoms with van der Waals surface area (Å²) in [4.78, 5) is 0. The molecule has 1 aliphatic carbocycles. The van der Waals surface area contributed by atoms with E-state index >= 15 is 0 Å². The van der Waals surface area contributed by atoms with Crippen molar-refractivity contribution in [1.29, 1.82) is 0 Å². The zero-order chi connectivity index (χ0) is 14.3. The van der Waals surface area contributed by atoms with Crippen molar-refractivity contribution in [3.63, 3.8) is 0 Å². The zero-order valence-corrected chi connectivity index (χ0v) is 13.6. The SMILES string of the molecule is Cc1nn(C)c(CC(N)c2ccc3c(c2)CCC3)c1Br. The fourth-order valence-electron chi connectivity index (χ4n) is 3.05. The fraction of sp³-hybridized carbons (Fsp3) is 0.438. The number of halogens is 1. The monoisotopic (exact) mass is 333 g/mol. The van der Waals surface area contributed by atoms with Crippen LogP contribution in [-0.4, -0.2) is 9.78 Å². The Hall–Kier alpha value is -1.13. The lowest BCUT2D eigenvalue weighted by Crippen LogP contribution is -2.16. The third-order valence-corrected chi connectivity index (χ3v) is 5.26. The van der Waals surface area contributed by atoms with Crippen LogP contribution < -0.4 is 5.73 Å². The molecular weight excluding hydrogens is 314 g/mol. The molecule has 0 saturated heterocycles. The quantitative estimate of drug-likeness (QED) is 0.937. The van der Waals surface area contributed by atoms with E-state index in [9.17, 15) is 0 Å². The van der Waals surface area contributed by atoms with E-state index in [4.69, 9.17) is 5.73 Å². The molecule has 1 aromatic heterocycles. The summed E-state index contributed by atoms with van der Waals surface area (Å²) < 4.78 is 3.00. The molecule has 1 aromatic carbocycles. The van der Waals surface area contributed by atoms with Gasteiger partial charge < -0.3 is 5.73 Å². The number of aromatic nitrogens is 2. The highest BCUT2D eigenvalue weighted by molar-refractivity contribution is 9.10. The highest BCUT2D eigenvalue weighted by Gasteiger charge is 2.17.